The van der Waals surface area contributed by atoms with Gasteiger partial charge in [0.15, 0.2) is 0 Å². The number of rotatable bonds is 2. The maximum absolute atomic E-state index is 13.4. The van der Waals surface area contributed by atoms with E-state index in [9.17, 15) is 9.18 Å². The SMILES string of the molecule is CC1N=C(Cc2c(F)cccc2Cl)NC1=O. The summed E-state index contributed by atoms with van der Waals surface area (Å²) < 4.78 is 13.4. The van der Waals surface area contributed by atoms with Gasteiger partial charge in [0.2, 0.25) is 5.91 Å². The Balaban J connectivity index is 2.22. The molecule has 84 valence electrons. The minimum atomic E-state index is -0.402. The lowest BCUT2D eigenvalue weighted by Gasteiger charge is -2.05. The molecule has 0 aliphatic carbocycles. The van der Waals surface area contributed by atoms with Crippen molar-refractivity contribution in [1.82, 2.24) is 5.32 Å². The van der Waals surface area contributed by atoms with Crippen LogP contribution in [0, 0.1) is 5.82 Å². The lowest BCUT2D eigenvalue weighted by Crippen LogP contribution is -2.28. The number of aliphatic imine (C=N–C) groups is 1. The molecule has 1 heterocycles. The fraction of sp³-hybridized carbons (Fsp3) is 0.273. The highest BCUT2D eigenvalue weighted by Gasteiger charge is 2.22. The van der Waals surface area contributed by atoms with Gasteiger partial charge in [0.25, 0.3) is 0 Å². The van der Waals surface area contributed by atoms with Crippen LogP contribution in [0.5, 0.6) is 0 Å². The number of amidine groups is 1. The van der Waals surface area contributed by atoms with Gasteiger partial charge in [-0.25, -0.2) is 4.39 Å². The molecule has 1 atom stereocenters. The molecule has 0 fully saturated rings. The second-order valence-corrected chi connectivity index (χ2v) is 4.03. The van der Waals surface area contributed by atoms with E-state index in [1.807, 2.05) is 0 Å². The van der Waals surface area contributed by atoms with Crippen LogP contribution in [0.4, 0.5) is 4.39 Å². The van der Waals surface area contributed by atoms with Crippen molar-refractivity contribution < 1.29 is 9.18 Å². The standard InChI is InChI=1S/C11H10ClFN2O/c1-6-11(16)15-10(14-6)5-7-8(12)3-2-4-9(7)13/h2-4,6H,5H2,1H3,(H,14,15,16). The third kappa shape index (κ3) is 2.07. The number of carbonyl (C=O) groups is 1. The molecule has 1 aromatic rings. The maximum Gasteiger partial charge on any atom is 0.249 e. The Bertz CT molecular complexity index is 453. The van der Waals surface area contributed by atoms with Crippen LogP contribution in [0.2, 0.25) is 5.02 Å². The second kappa shape index (κ2) is 4.22. The monoisotopic (exact) mass is 240 g/mol. The van der Waals surface area contributed by atoms with Gasteiger partial charge in [0.1, 0.15) is 17.7 Å². The molecule has 1 aliphatic rings. The van der Waals surface area contributed by atoms with Crippen LogP contribution in [0.1, 0.15) is 12.5 Å². The number of hydrogen-bond donors (Lipinski definition) is 1. The van der Waals surface area contributed by atoms with Gasteiger partial charge in [0, 0.05) is 17.0 Å². The van der Waals surface area contributed by atoms with Crippen molar-refractivity contribution >= 4 is 23.3 Å². The quantitative estimate of drug-likeness (QED) is 0.843. The number of nitrogens with zero attached hydrogens (tertiary/aromatic N) is 1. The van der Waals surface area contributed by atoms with E-state index in [-0.39, 0.29) is 18.1 Å². The van der Waals surface area contributed by atoms with E-state index in [4.69, 9.17) is 11.6 Å². The molecule has 3 nitrogen and oxygen atoms in total. The smallest absolute Gasteiger partial charge is 0.249 e. The lowest BCUT2D eigenvalue weighted by atomic mass is 10.1. The molecule has 1 aromatic carbocycles. The van der Waals surface area contributed by atoms with Gasteiger partial charge >= 0.3 is 0 Å². The summed E-state index contributed by atoms with van der Waals surface area (Å²) in [6.07, 6.45) is 0.210. The van der Waals surface area contributed by atoms with Crippen molar-refractivity contribution in [1.29, 1.82) is 0 Å². The molecule has 1 aliphatic heterocycles. The van der Waals surface area contributed by atoms with Crippen LogP contribution < -0.4 is 5.32 Å². The summed E-state index contributed by atoms with van der Waals surface area (Å²) in [6, 6.07) is 4.09. The van der Waals surface area contributed by atoms with Crippen LogP contribution in [0.3, 0.4) is 0 Å². The number of benzene rings is 1. The zero-order chi connectivity index (χ0) is 11.7. The molecular weight excluding hydrogens is 231 g/mol. The molecule has 2 rings (SSSR count). The number of hydrogen-bond acceptors (Lipinski definition) is 2. The fourth-order valence-corrected chi connectivity index (χ4v) is 1.76. The van der Waals surface area contributed by atoms with E-state index in [2.05, 4.69) is 10.3 Å². The van der Waals surface area contributed by atoms with Crippen LogP contribution in [-0.2, 0) is 11.2 Å². The molecule has 1 N–H and O–H groups in total. The maximum atomic E-state index is 13.4. The topological polar surface area (TPSA) is 41.5 Å². The van der Waals surface area contributed by atoms with Crippen molar-refractivity contribution in [3.05, 3.63) is 34.6 Å². The fourth-order valence-electron chi connectivity index (χ4n) is 1.53. The highest BCUT2D eigenvalue weighted by Crippen LogP contribution is 2.20. The minimum Gasteiger partial charge on any atom is -0.312 e. The summed E-state index contributed by atoms with van der Waals surface area (Å²) in [7, 11) is 0. The zero-order valence-electron chi connectivity index (χ0n) is 8.63. The van der Waals surface area contributed by atoms with Crippen molar-refractivity contribution in [2.75, 3.05) is 0 Å². The van der Waals surface area contributed by atoms with Crippen LogP contribution in [-0.4, -0.2) is 17.8 Å². The highest BCUT2D eigenvalue weighted by molar-refractivity contribution is 6.31. The van der Waals surface area contributed by atoms with Gasteiger partial charge in [-0.3, -0.25) is 9.79 Å². The van der Waals surface area contributed by atoms with Gasteiger partial charge in [-0.1, -0.05) is 17.7 Å². The number of amides is 1. The van der Waals surface area contributed by atoms with E-state index >= 15 is 0 Å². The molecule has 1 amide bonds. The van der Waals surface area contributed by atoms with Crippen molar-refractivity contribution in [2.45, 2.75) is 19.4 Å². The van der Waals surface area contributed by atoms with Gasteiger partial charge in [0.05, 0.1) is 0 Å². The molecule has 0 bridgehead atoms. The first-order chi connectivity index (χ1) is 7.58. The van der Waals surface area contributed by atoms with E-state index in [1.54, 1.807) is 19.1 Å². The molecule has 0 radical (unpaired) electrons. The average molecular weight is 241 g/mol. The van der Waals surface area contributed by atoms with E-state index < -0.39 is 6.04 Å². The highest BCUT2D eigenvalue weighted by atomic mass is 35.5. The largest absolute Gasteiger partial charge is 0.312 e. The Morgan fingerprint density at radius 3 is 2.88 bits per heavy atom. The summed E-state index contributed by atoms with van der Waals surface area (Å²) in [5, 5.41) is 2.94. The Morgan fingerprint density at radius 2 is 2.31 bits per heavy atom. The van der Waals surface area contributed by atoms with Crippen molar-refractivity contribution in [2.24, 2.45) is 4.99 Å². The predicted octanol–water partition coefficient (Wildman–Crippen LogP) is 1.94. The van der Waals surface area contributed by atoms with Crippen LogP contribution >= 0.6 is 11.6 Å². The molecule has 16 heavy (non-hydrogen) atoms. The summed E-state index contributed by atoms with van der Waals surface area (Å²) >= 11 is 5.87. The number of nitrogens with one attached hydrogen (secondary N) is 1. The third-order valence-electron chi connectivity index (χ3n) is 2.40. The average Bonchev–Trinajstić information content (AvgIpc) is 2.53. The van der Waals surface area contributed by atoms with Gasteiger partial charge < -0.3 is 5.32 Å². The summed E-state index contributed by atoms with van der Waals surface area (Å²) in [4.78, 5) is 15.3. The van der Waals surface area contributed by atoms with Gasteiger partial charge in [-0.15, -0.1) is 0 Å². The lowest BCUT2D eigenvalue weighted by molar-refractivity contribution is -0.119. The minimum absolute atomic E-state index is 0.164. The first kappa shape index (κ1) is 11.1. The molecule has 0 saturated heterocycles. The first-order valence-corrected chi connectivity index (χ1v) is 5.26. The summed E-state index contributed by atoms with van der Waals surface area (Å²) in [6.45, 7) is 1.69. The predicted molar refractivity (Wildman–Crippen MR) is 60.2 cm³/mol. The van der Waals surface area contributed by atoms with Crippen molar-refractivity contribution in [3.8, 4) is 0 Å². The van der Waals surface area contributed by atoms with Crippen molar-refractivity contribution in [3.63, 3.8) is 0 Å². The normalized spacial score (nSPS) is 19.6. The Kier molecular flexibility index (Phi) is 2.92. The molecule has 0 saturated carbocycles. The van der Waals surface area contributed by atoms with Gasteiger partial charge in [-0.05, 0) is 19.1 Å². The molecular formula is C11H10ClFN2O. The number of halogens is 2. The summed E-state index contributed by atoms with van der Waals surface area (Å²) in [5.74, 6) is -0.0871. The van der Waals surface area contributed by atoms with E-state index in [0.29, 0.717) is 16.4 Å². The first-order valence-electron chi connectivity index (χ1n) is 4.88. The Morgan fingerprint density at radius 1 is 1.56 bits per heavy atom. The van der Waals surface area contributed by atoms with Gasteiger partial charge in [-0.2, -0.15) is 0 Å². The van der Waals surface area contributed by atoms with Crippen LogP contribution in [0.25, 0.3) is 0 Å². The number of carbonyl (C=O) groups excluding carboxylic acids is 1. The Hall–Kier alpha value is -1.42. The molecule has 1 unspecified atom stereocenters. The zero-order valence-corrected chi connectivity index (χ0v) is 9.38. The third-order valence-corrected chi connectivity index (χ3v) is 2.76. The Labute approximate surface area is 97.3 Å². The molecule has 5 heteroatoms. The van der Waals surface area contributed by atoms with E-state index in [1.165, 1.54) is 6.07 Å². The molecule has 0 spiro atoms. The summed E-state index contributed by atoms with van der Waals surface area (Å²) in [5.41, 5.74) is 0.359. The van der Waals surface area contributed by atoms with E-state index in [0.717, 1.165) is 0 Å². The molecule has 0 aromatic heterocycles. The second-order valence-electron chi connectivity index (χ2n) is 3.62. The van der Waals surface area contributed by atoms with Crippen LogP contribution in [0.15, 0.2) is 23.2 Å².